The normalized spacial score (nSPS) is 10.7. The zero-order valence-electron chi connectivity index (χ0n) is 13.9. The van der Waals surface area contributed by atoms with Gasteiger partial charge < -0.3 is 15.3 Å². The third-order valence-electron chi connectivity index (χ3n) is 3.45. The molecule has 26 heavy (non-hydrogen) atoms. The van der Waals surface area contributed by atoms with Gasteiger partial charge in [0.2, 0.25) is 5.91 Å². The topological polar surface area (TPSA) is 82.5 Å². The highest BCUT2D eigenvalue weighted by molar-refractivity contribution is 6.33. The molecule has 8 heteroatoms. The Morgan fingerprint density at radius 1 is 1.35 bits per heavy atom. The standard InChI is InChI=1S/C18H17ClFN3O3/c1-23(11-12-2-5-14(20)6-3-12)16(24)10-22-18-15(19)8-13(9-21-18)4-7-17(25)26/h2-9H,10-11H2,1H3,(H,21,22)(H,25,26). The number of halogens is 2. The summed E-state index contributed by atoms with van der Waals surface area (Å²) in [6.07, 6.45) is 3.79. The Balaban J connectivity index is 1.91. The number of hydrogen-bond acceptors (Lipinski definition) is 4. The maximum atomic E-state index is 12.9. The summed E-state index contributed by atoms with van der Waals surface area (Å²) >= 11 is 6.09. The second-order valence-electron chi connectivity index (χ2n) is 5.50. The molecule has 2 rings (SSSR count). The van der Waals surface area contributed by atoms with Gasteiger partial charge in [0, 0.05) is 25.9 Å². The van der Waals surface area contributed by atoms with Crippen LogP contribution in [0, 0.1) is 5.82 Å². The Labute approximate surface area is 154 Å². The molecule has 0 saturated heterocycles. The van der Waals surface area contributed by atoms with Crippen molar-refractivity contribution in [3.63, 3.8) is 0 Å². The van der Waals surface area contributed by atoms with E-state index in [1.165, 1.54) is 29.3 Å². The summed E-state index contributed by atoms with van der Waals surface area (Å²) in [6.45, 7) is 0.329. The number of pyridine rings is 1. The van der Waals surface area contributed by atoms with E-state index in [2.05, 4.69) is 10.3 Å². The SMILES string of the molecule is CN(Cc1ccc(F)cc1)C(=O)CNc1ncc(C=CC(=O)O)cc1Cl. The van der Waals surface area contributed by atoms with Crippen LogP contribution in [-0.2, 0) is 16.1 Å². The van der Waals surface area contributed by atoms with Crippen molar-refractivity contribution >= 4 is 35.4 Å². The predicted octanol–water partition coefficient (Wildman–Crippen LogP) is 3.04. The number of carboxylic acid groups (broad SMARTS) is 1. The number of carbonyl (C=O) groups excluding carboxylic acids is 1. The molecule has 0 atom stereocenters. The molecule has 0 unspecified atom stereocenters. The summed E-state index contributed by atoms with van der Waals surface area (Å²) in [5, 5.41) is 11.7. The van der Waals surface area contributed by atoms with E-state index in [0.717, 1.165) is 11.6 Å². The average molecular weight is 378 g/mol. The van der Waals surface area contributed by atoms with Gasteiger partial charge in [0.15, 0.2) is 0 Å². The highest BCUT2D eigenvalue weighted by Crippen LogP contribution is 2.20. The summed E-state index contributed by atoms with van der Waals surface area (Å²) in [4.78, 5) is 28.3. The van der Waals surface area contributed by atoms with E-state index < -0.39 is 5.97 Å². The molecule has 2 aromatic rings. The molecular weight excluding hydrogens is 361 g/mol. The van der Waals surface area contributed by atoms with Crippen molar-refractivity contribution in [2.75, 3.05) is 18.9 Å². The second kappa shape index (κ2) is 8.96. The molecule has 1 heterocycles. The van der Waals surface area contributed by atoms with Gasteiger partial charge in [-0.1, -0.05) is 23.7 Å². The van der Waals surface area contributed by atoms with Gasteiger partial charge in [-0.25, -0.2) is 14.2 Å². The molecule has 1 aromatic carbocycles. The van der Waals surface area contributed by atoms with Gasteiger partial charge in [-0.15, -0.1) is 0 Å². The van der Waals surface area contributed by atoms with Crippen molar-refractivity contribution in [1.82, 2.24) is 9.88 Å². The smallest absolute Gasteiger partial charge is 0.328 e. The first-order valence-corrected chi connectivity index (χ1v) is 8.02. The highest BCUT2D eigenvalue weighted by atomic mass is 35.5. The lowest BCUT2D eigenvalue weighted by atomic mass is 10.2. The van der Waals surface area contributed by atoms with Crippen LogP contribution in [0.3, 0.4) is 0 Å². The predicted molar refractivity (Wildman–Crippen MR) is 97.3 cm³/mol. The number of nitrogens with one attached hydrogen (secondary N) is 1. The Morgan fingerprint density at radius 2 is 2.04 bits per heavy atom. The molecule has 0 aliphatic heterocycles. The number of aromatic nitrogens is 1. The number of hydrogen-bond donors (Lipinski definition) is 2. The molecule has 0 fully saturated rings. The molecule has 1 aromatic heterocycles. The number of nitrogens with zero attached hydrogens (tertiary/aromatic N) is 2. The van der Waals surface area contributed by atoms with Crippen LogP contribution >= 0.6 is 11.6 Å². The number of amides is 1. The van der Waals surface area contributed by atoms with Crippen LogP contribution in [0.1, 0.15) is 11.1 Å². The number of aliphatic carboxylic acids is 1. The van der Waals surface area contributed by atoms with E-state index in [1.807, 2.05) is 0 Å². The van der Waals surface area contributed by atoms with Crippen LogP contribution in [0.25, 0.3) is 6.08 Å². The Morgan fingerprint density at radius 3 is 2.65 bits per heavy atom. The first-order chi connectivity index (χ1) is 12.3. The Bertz CT molecular complexity index is 825. The molecule has 0 aliphatic carbocycles. The van der Waals surface area contributed by atoms with Crippen molar-refractivity contribution in [2.45, 2.75) is 6.54 Å². The fourth-order valence-electron chi connectivity index (χ4n) is 2.09. The minimum Gasteiger partial charge on any atom is -0.478 e. The number of likely N-dealkylation sites (N-methyl/N-ethyl adjacent to an activating group) is 1. The molecule has 0 spiro atoms. The summed E-state index contributed by atoms with van der Waals surface area (Å²) in [7, 11) is 1.64. The molecular formula is C18H17ClFN3O3. The van der Waals surface area contributed by atoms with Gasteiger partial charge in [-0.3, -0.25) is 4.79 Å². The lowest BCUT2D eigenvalue weighted by molar-refractivity contribution is -0.131. The number of rotatable bonds is 7. The molecule has 0 radical (unpaired) electrons. The van der Waals surface area contributed by atoms with Gasteiger partial charge in [0.05, 0.1) is 11.6 Å². The largest absolute Gasteiger partial charge is 0.478 e. The third-order valence-corrected chi connectivity index (χ3v) is 3.73. The van der Waals surface area contributed by atoms with E-state index in [1.54, 1.807) is 25.2 Å². The monoisotopic (exact) mass is 377 g/mol. The van der Waals surface area contributed by atoms with E-state index in [4.69, 9.17) is 16.7 Å². The van der Waals surface area contributed by atoms with Crippen LogP contribution < -0.4 is 5.32 Å². The zero-order valence-corrected chi connectivity index (χ0v) is 14.7. The van der Waals surface area contributed by atoms with Crippen molar-refractivity contribution < 1.29 is 19.1 Å². The number of carbonyl (C=O) groups is 2. The van der Waals surface area contributed by atoms with E-state index >= 15 is 0 Å². The molecule has 0 bridgehead atoms. The minimum atomic E-state index is -1.07. The van der Waals surface area contributed by atoms with Gasteiger partial charge in [0.1, 0.15) is 11.6 Å². The summed E-state index contributed by atoms with van der Waals surface area (Å²) in [6, 6.07) is 7.47. The van der Waals surface area contributed by atoms with E-state index in [0.29, 0.717) is 17.9 Å². The molecule has 136 valence electrons. The zero-order chi connectivity index (χ0) is 19.1. The van der Waals surface area contributed by atoms with Crippen molar-refractivity contribution in [3.8, 4) is 0 Å². The van der Waals surface area contributed by atoms with Crippen molar-refractivity contribution in [1.29, 1.82) is 0 Å². The van der Waals surface area contributed by atoms with Gasteiger partial charge in [-0.2, -0.15) is 0 Å². The van der Waals surface area contributed by atoms with Crippen LogP contribution in [0.4, 0.5) is 10.2 Å². The summed E-state index contributed by atoms with van der Waals surface area (Å²) < 4.78 is 12.9. The number of carboxylic acids is 1. The molecule has 2 N–H and O–H groups in total. The molecule has 1 amide bonds. The van der Waals surface area contributed by atoms with Crippen LogP contribution in [0.5, 0.6) is 0 Å². The number of anilines is 1. The lowest BCUT2D eigenvalue weighted by Crippen LogP contribution is -2.32. The van der Waals surface area contributed by atoms with Crippen LogP contribution in [0.2, 0.25) is 5.02 Å². The fourth-order valence-corrected chi connectivity index (χ4v) is 2.33. The first-order valence-electron chi connectivity index (χ1n) is 7.64. The van der Waals surface area contributed by atoms with E-state index in [9.17, 15) is 14.0 Å². The van der Waals surface area contributed by atoms with Crippen molar-refractivity contribution in [2.24, 2.45) is 0 Å². The maximum absolute atomic E-state index is 12.9. The van der Waals surface area contributed by atoms with Crippen LogP contribution in [-0.4, -0.2) is 40.5 Å². The molecule has 0 aliphatic rings. The third kappa shape index (κ3) is 5.86. The van der Waals surface area contributed by atoms with Gasteiger partial charge in [0.25, 0.3) is 0 Å². The highest BCUT2D eigenvalue weighted by Gasteiger charge is 2.11. The fraction of sp³-hybridized carbons (Fsp3) is 0.167. The lowest BCUT2D eigenvalue weighted by Gasteiger charge is -2.18. The first kappa shape index (κ1) is 19.4. The molecule has 0 saturated carbocycles. The minimum absolute atomic E-state index is 0.0191. The van der Waals surface area contributed by atoms with Crippen LogP contribution in [0.15, 0.2) is 42.6 Å². The second-order valence-corrected chi connectivity index (χ2v) is 5.91. The summed E-state index contributed by atoms with van der Waals surface area (Å²) in [5.74, 6) is -1.27. The van der Waals surface area contributed by atoms with E-state index in [-0.39, 0.29) is 23.3 Å². The van der Waals surface area contributed by atoms with Gasteiger partial charge in [-0.05, 0) is 35.4 Å². The maximum Gasteiger partial charge on any atom is 0.328 e. The average Bonchev–Trinajstić information content (AvgIpc) is 2.60. The number of benzene rings is 1. The Kier molecular flexibility index (Phi) is 6.68. The van der Waals surface area contributed by atoms with Crippen molar-refractivity contribution in [3.05, 3.63) is 64.6 Å². The molecule has 6 nitrogen and oxygen atoms in total. The van der Waals surface area contributed by atoms with Gasteiger partial charge >= 0.3 is 5.97 Å². The quantitative estimate of drug-likeness (QED) is 0.725. The Hall–Kier alpha value is -2.93. The summed E-state index contributed by atoms with van der Waals surface area (Å²) in [5.41, 5.74) is 1.34.